The lowest BCUT2D eigenvalue weighted by Gasteiger charge is -2.30. The Morgan fingerprint density at radius 3 is 1.76 bits per heavy atom. The fourth-order valence-electron chi connectivity index (χ4n) is 6.43. The zero-order chi connectivity index (χ0) is 36.2. The standard InChI is InChI=1S/C42H56N4O4/c1-7-29(6)26-43-39(48)25-38(47)37(22-27(2)3)45-42(50)40(44-28(4)5)46-41(49)34(23-32-18-12-16-30-14-8-10-20-35(30)32)24-33-19-13-17-31-15-9-11-21-36(31)33/h8-21,27-29,34,37-38,40,44,47H,7,22-26H2,1-6H3,(H,43,48)(H,45,50)(H,46,49)/t29-,37-,38+,40-/m0/s1. The van der Waals surface area contributed by atoms with Crippen LogP contribution in [0, 0.1) is 17.8 Å². The fraction of sp³-hybridized carbons (Fsp3) is 0.452. The summed E-state index contributed by atoms with van der Waals surface area (Å²) >= 11 is 0. The molecule has 50 heavy (non-hydrogen) atoms. The lowest BCUT2D eigenvalue weighted by atomic mass is 9.88. The van der Waals surface area contributed by atoms with Gasteiger partial charge in [-0.3, -0.25) is 19.7 Å². The van der Waals surface area contributed by atoms with Crippen molar-refractivity contribution in [1.82, 2.24) is 21.3 Å². The van der Waals surface area contributed by atoms with Crippen LogP contribution in [0.1, 0.15) is 71.9 Å². The van der Waals surface area contributed by atoms with Crippen molar-refractivity contribution < 1.29 is 19.5 Å². The van der Waals surface area contributed by atoms with E-state index in [-0.39, 0.29) is 30.2 Å². The van der Waals surface area contributed by atoms with Gasteiger partial charge in [-0.1, -0.05) is 119 Å². The lowest BCUT2D eigenvalue weighted by Crippen LogP contribution is -2.60. The van der Waals surface area contributed by atoms with Crippen LogP contribution in [0.3, 0.4) is 0 Å². The van der Waals surface area contributed by atoms with E-state index in [1.807, 2.05) is 64.1 Å². The first-order valence-corrected chi connectivity index (χ1v) is 18.2. The molecule has 268 valence electrons. The van der Waals surface area contributed by atoms with Crippen molar-refractivity contribution in [2.24, 2.45) is 17.8 Å². The van der Waals surface area contributed by atoms with E-state index in [0.29, 0.717) is 31.7 Å². The molecule has 0 fully saturated rings. The molecule has 0 radical (unpaired) electrons. The molecule has 8 heteroatoms. The Kier molecular flexibility index (Phi) is 14.4. The Balaban J connectivity index is 1.58. The van der Waals surface area contributed by atoms with Crippen molar-refractivity contribution in [3.05, 3.63) is 96.1 Å². The minimum atomic E-state index is -1.08. The molecular weight excluding hydrogens is 624 g/mol. The molecule has 0 unspecified atom stereocenters. The second kappa shape index (κ2) is 18.6. The van der Waals surface area contributed by atoms with Gasteiger partial charge in [0.15, 0.2) is 6.17 Å². The normalized spacial score (nSPS) is 14.1. The highest BCUT2D eigenvalue weighted by molar-refractivity contribution is 5.91. The molecule has 4 rings (SSSR count). The summed E-state index contributed by atoms with van der Waals surface area (Å²) in [7, 11) is 0. The highest BCUT2D eigenvalue weighted by Gasteiger charge is 2.31. The van der Waals surface area contributed by atoms with Crippen LogP contribution < -0.4 is 21.3 Å². The second-order valence-corrected chi connectivity index (χ2v) is 14.5. The molecule has 0 heterocycles. The Hall–Kier alpha value is -4.27. The predicted octanol–water partition coefficient (Wildman–Crippen LogP) is 6.28. The van der Waals surface area contributed by atoms with Gasteiger partial charge in [-0.25, -0.2) is 0 Å². The third-order valence-electron chi connectivity index (χ3n) is 9.37. The number of aliphatic hydroxyl groups is 1. The third kappa shape index (κ3) is 11.1. The second-order valence-electron chi connectivity index (χ2n) is 14.5. The van der Waals surface area contributed by atoms with Gasteiger partial charge in [-0.15, -0.1) is 0 Å². The maximum absolute atomic E-state index is 14.4. The van der Waals surface area contributed by atoms with E-state index in [1.54, 1.807) is 0 Å². The van der Waals surface area contributed by atoms with E-state index < -0.39 is 30.1 Å². The quantitative estimate of drug-likeness (QED) is 0.0793. The van der Waals surface area contributed by atoms with Crippen molar-refractivity contribution in [3.63, 3.8) is 0 Å². The molecule has 0 aliphatic heterocycles. The molecule has 3 amide bonds. The van der Waals surface area contributed by atoms with Crippen molar-refractivity contribution in [2.75, 3.05) is 6.54 Å². The van der Waals surface area contributed by atoms with Crippen molar-refractivity contribution >= 4 is 39.3 Å². The van der Waals surface area contributed by atoms with E-state index in [4.69, 9.17) is 0 Å². The summed E-state index contributed by atoms with van der Waals surface area (Å²) in [5.74, 6) is -0.957. The zero-order valence-electron chi connectivity index (χ0n) is 30.5. The van der Waals surface area contributed by atoms with Crippen LogP contribution >= 0.6 is 0 Å². The lowest BCUT2D eigenvalue weighted by molar-refractivity contribution is -0.133. The Morgan fingerprint density at radius 2 is 1.24 bits per heavy atom. The SMILES string of the molecule is CC[C@H](C)CNC(=O)C[C@@H](O)[C@H](CC(C)C)NC(=O)[C@H](NC(=O)C(Cc1cccc2ccccc12)Cc1cccc2ccccc12)NC(C)C. The number of nitrogens with one attached hydrogen (secondary N) is 4. The summed E-state index contributed by atoms with van der Waals surface area (Å²) in [6.45, 7) is 12.5. The number of benzene rings is 4. The summed E-state index contributed by atoms with van der Waals surface area (Å²) in [5, 5.41) is 27.7. The van der Waals surface area contributed by atoms with Crippen LogP contribution in [0.15, 0.2) is 84.9 Å². The molecule has 4 atom stereocenters. The van der Waals surface area contributed by atoms with E-state index in [9.17, 15) is 19.5 Å². The number of amides is 3. The van der Waals surface area contributed by atoms with Gasteiger partial charge in [0.2, 0.25) is 11.8 Å². The molecular formula is C42H56N4O4. The molecule has 0 aromatic heterocycles. The van der Waals surface area contributed by atoms with Gasteiger partial charge in [-0.2, -0.15) is 0 Å². The summed E-state index contributed by atoms with van der Waals surface area (Å²) < 4.78 is 0. The topological polar surface area (TPSA) is 120 Å². The molecule has 4 aromatic carbocycles. The Morgan fingerprint density at radius 1 is 0.700 bits per heavy atom. The highest BCUT2D eigenvalue weighted by Crippen LogP contribution is 2.26. The first-order valence-electron chi connectivity index (χ1n) is 18.2. The monoisotopic (exact) mass is 680 g/mol. The largest absolute Gasteiger partial charge is 0.390 e. The van der Waals surface area contributed by atoms with E-state index in [2.05, 4.69) is 83.6 Å². The molecule has 0 spiro atoms. The molecule has 0 saturated heterocycles. The van der Waals surface area contributed by atoms with Crippen LogP contribution in [0.25, 0.3) is 21.5 Å². The number of hydrogen-bond donors (Lipinski definition) is 5. The average molecular weight is 681 g/mol. The molecule has 4 aromatic rings. The third-order valence-corrected chi connectivity index (χ3v) is 9.37. The summed E-state index contributed by atoms with van der Waals surface area (Å²) in [6.07, 6.45) is 0.111. The molecule has 0 aliphatic rings. The molecule has 0 aliphatic carbocycles. The van der Waals surface area contributed by atoms with Crippen LogP contribution in [-0.4, -0.2) is 53.7 Å². The minimum Gasteiger partial charge on any atom is -0.390 e. The van der Waals surface area contributed by atoms with Crippen LogP contribution in [0.2, 0.25) is 0 Å². The number of fused-ring (bicyclic) bond motifs is 2. The summed E-state index contributed by atoms with van der Waals surface area (Å²) in [4.78, 5) is 41.0. The number of hydrogen-bond acceptors (Lipinski definition) is 5. The number of carbonyl (C=O) groups is 3. The van der Waals surface area contributed by atoms with Crippen molar-refractivity contribution in [1.29, 1.82) is 0 Å². The molecule has 0 saturated carbocycles. The maximum Gasteiger partial charge on any atom is 0.257 e. The fourth-order valence-corrected chi connectivity index (χ4v) is 6.43. The van der Waals surface area contributed by atoms with Gasteiger partial charge in [0.1, 0.15) is 0 Å². The zero-order valence-corrected chi connectivity index (χ0v) is 30.5. The first kappa shape index (κ1) is 38.5. The molecule has 8 nitrogen and oxygen atoms in total. The molecule has 5 N–H and O–H groups in total. The summed E-state index contributed by atoms with van der Waals surface area (Å²) in [5.41, 5.74) is 2.13. The Labute approximate surface area is 297 Å². The van der Waals surface area contributed by atoms with Gasteiger partial charge in [-0.05, 0) is 77.6 Å². The predicted molar refractivity (Wildman–Crippen MR) is 203 cm³/mol. The highest BCUT2D eigenvalue weighted by atomic mass is 16.3. The number of carbonyl (C=O) groups excluding carboxylic acids is 3. The smallest absolute Gasteiger partial charge is 0.257 e. The van der Waals surface area contributed by atoms with Gasteiger partial charge in [0, 0.05) is 18.5 Å². The van der Waals surface area contributed by atoms with E-state index >= 15 is 0 Å². The van der Waals surface area contributed by atoms with Crippen molar-refractivity contribution in [3.8, 4) is 0 Å². The maximum atomic E-state index is 14.4. The van der Waals surface area contributed by atoms with Gasteiger partial charge in [0.25, 0.3) is 5.91 Å². The number of rotatable bonds is 18. The number of aliphatic hydroxyl groups excluding tert-OH is 1. The van der Waals surface area contributed by atoms with Crippen LogP contribution in [0.5, 0.6) is 0 Å². The molecule has 0 bridgehead atoms. The summed E-state index contributed by atoms with van der Waals surface area (Å²) in [6, 6.07) is 27.9. The minimum absolute atomic E-state index is 0.124. The van der Waals surface area contributed by atoms with Crippen LogP contribution in [-0.2, 0) is 27.2 Å². The van der Waals surface area contributed by atoms with Gasteiger partial charge < -0.3 is 21.1 Å². The van der Waals surface area contributed by atoms with E-state index in [1.165, 1.54) is 0 Å². The van der Waals surface area contributed by atoms with Gasteiger partial charge >= 0.3 is 0 Å². The Bertz CT molecular complexity index is 1630. The van der Waals surface area contributed by atoms with E-state index in [0.717, 1.165) is 39.1 Å². The average Bonchev–Trinajstić information content (AvgIpc) is 3.09. The van der Waals surface area contributed by atoms with Crippen LogP contribution in [0.4, 0.5) is 0 Å². The van der Waals surface area contributed by atoms with Crippen molar-refractivity contribution in [2.45, 2.75) is 98.0 Å². The first-order chi connectivity index (χ1) is 23.9. The van der Waals surface area contributed by atoms with Gasteiger partial charge in [0.05, 0.1) is 18.6 Å².